The van der Waals surface area contributed by atoms with Crippen LogP contribution in [0.4, 0.5) is 0 Å². The number of fused-ring (bicyclic) bond motifs is 5. The van der Waals surface area contributed by atoms with Gasteiger partial charge in [-0.25, -0.2) is 0 Å². The van der Waals surface area contributed by atoms with E-state index < -0.39 is 40.7 Å². The van der Waals surface area contributed by atoms with Crippen molar-refractivity contribution in [3.05, 3.63) is 92.1 Å². The first-order valence-corrected chi connectivity index (χ1v) is 19.0. The van der Waals surface area contributed by atoms with Crippen LogP contribution in [0.5, 0.6) is 17.2 Å². The van der Waals surface area contributed by atoms with Crippen molar-refractivity contribution in [3.8, 4) is 17.2 Å². The molecule has 4 heterocycles. The fraction of sp³-hybridized carbons (Fsp3) is 0.410. The average molecular weight is 762 g/mol. The highest BCUT2D eigenvalue weighted by atomic mass is 35.5. The number of ketones is 2. The third-order valence-electron chi connectivity index (χ3n) is 11.0. The molecule has 3 aliphatic heterocycles. The Balaban J connectivity index is 1.17. The van der Waals surface area contributed by atoms with Crippen molar-refractivity contribution in [3.63, 3.8) is 0 Å². The third-order valence-corrected chi connectivity index (χ3v) is 12.1. The Morgan fingerprint density at radius 3 is 2.51 bits per heavy atom. The van der Waals surface area contributed by atoms with E-state index in [4.69, 9.17) is 25.8 Å². The van der Waals surface area contributed by atoms with Gasteiger partial charge in [0.05, 0.1) is 20.8 Å². The Morgan fingerprint density at radius 1 is 1.08 bits per heavy atom. The summed E-state index contributed by atoms with van der Waals surface area (Å²) >= 11 is 8.14. The fourth-order valence-electron chi connectivity index (χ4n) is 8.40. The van der Waals surface area contributed by atoms with Crippen LogP contribution in [-0.4, -0.2) is 83.7 Å². The van der Waals surface area contributed by atoms with E-state index in [2.05, 4.69) is 5.32 Å². The molecule has 2 N–H and O–H groups in total. The summed E-state index contributed by atoms with van der Waals surface area (Å²) in [5, 5.41) is 14.9. The number of carbonyl (C=O) groups excluding carboxylic acids is 4. The van der Waals surface area contributed by atoms with E-state index in [0.717, 1.165) is 17.0 Å². The molecule has 1 aliphatic carbocycles. The van der Waals surface area contributed by atoms with Crippen LogP contribution >= 0.6 is 23.4 Å². The average Bonchev–Trinajstić information content (AvgIpc) is 3.47. The number of piperidine rings is 1. The highest BCUT2D eigenvalue weighted by Gasteiger charge is 2.61. The zero-order valence-electron chi connectivity index (χ0n) is 29.8. The molecule has 53 heavy (non-hydrogen) atoms. The Bertz CT molecular complexity index is 2120. The van der Waals surface area contributed by atoms with Gasteiger partial charge in [0.2, 0.25) is 23.2 Å². The number of ether oxygens (including phenoxy) is 3. The molecule has 2 aromatic carbocycles. The van der Waals surface area contributed by atoms with Crippen LogP contribution in [0.2, 0.25) is 5.02 Å². The number of aliphatic hydroxyl groups excluding tert-OH is 1. The number of pyridine rings is 1. The van der Waals surface area contributed by atoms with Crippen LogP contribution in [0.3, 0.4) is 0 Å². The monoisotopic (exact) mass is 761 g/mol. The molecule has 3 unspecified atom stereocenters. The lowest BCUT2D eigenvalue weighted by Crippen LogP contribution is -2.53. The van der Waals surface area contributed by atoms with Crippen molar-refractivity contribution >= 4 is 46.7 Å². The van der Waals surface area contributed by atoms with E-state index in [9.17, 15) is 29.1 Å². The maximum Gasteiger partial charge on any atom is 0.250 e. The van der Waals surface area contributed by atoms with Crippen molar-refractivity contribution in [2.24, 2.45) is 11.8 Å². The second-order valence-corrected chi connectivity index (χ2v) is 15.3. The number of nitrogens with zero attached hydrogens (tertiary/aromatic N) is 2. The first-order chi connectivity index (χ1) is 25.4. The van der Waals surface area contributed by atoms with E-state index in [-0.39, 0.29) is 76.1 Å². The molecular weight excluding hydrogens is 722 g/mol. The SMILES string of the molecule is COc1cc(OC)c2c(c1Cl)OC1(C2=O)C(O)=C(C(CC(=O)NCC(=O)N2C[C@H]3C[C@@H](C2)c2cccc(=O)n2C3)c2ccc(SC)cc2)C(=O)CC1C. The molecule has 5 atom stereocenters. The largest absolute Gasteiger partial charge is 0.507 e. The van der Waals surface area contributed by atoms with Gasteiger partial charge in [0, 0.05) is 78.5 Å². The van der Waals surface area contributed by atoms with Gasteiger partial charge in [-0.2, -0.15) is 0 Å². The van der Waals surface area contributed by atoms with Gasteiger partial charge in [-0.05, 0) is 42.4 Å². The quantitative estimate of drug-likeness (QED) is 0.288. The molecule has 0 radical (unpaired) electrons. The zero-order chi connectivity index (χ0) is 37.8. The molecule has 1 spiro atoms. The fourth-order valence-corrected chi connectivity index (χ4v) is 9.08. The number of benzene rings is 2. The van der Waals surface area contributed by atoms with Gasteiger partial charge in [0.1, 0.15) is 22.1 Å². The Hall–Kier alpha value is -4.75. The molecule has 7 rings (SSSR count). The molecule has 12 nitrogen and oxygen atoms in total. The summed E-state index contributed by atoms with van der Waals surface area (Å²) in [6.45, 7) is 2.82. The van der Waals surface area contributed by atoms with Crippen LogP contribution in [-0.2, 0) is 20.9 Å². The molecule has 1 saturated heterocycles. The number of carbonyl (C=O) groups is 4. The minimum Gasteiger partial charge on any atom is -0.507 e. The number of likely N-dealkylation sites (tertiary alicyclic amines) is 1. The zero-order valence-corrected chi connectivity index (χ0v) is 31.3. The molecule has 3 aromatic rings. The van der Waals surface area contributed by atoms with E-state index in [1.807, 2.05) is 24.5 Å². The number of Topliss-reactive ketones (excluding diaryl/α,β-unsaturated/α-hetero) is 2. The summed E-state index contributed by atoms with van der Waals surface area (Å²) < 4.78 is 19.0. The third kappa shape index (κ3) is 6.17. The van der Waals surface area contributed by atoms with E-state index in [1.54, 1.807) is 40.7 Å². The number of halogens is 1. The number of hydrogen-bond acceptors (Lipinski definition) is 10. The smallest absolute Gasteiger partial charge is 0.250 e. The number of hydrogen-bond donors (Lipinski definition) is 2. The number of methoxy groups -OCH3 is 2. The number of allylic oxidation sites excluding steroid dienone is 1. The number of amides is 2. The number of nitrogens with one attached hydrogen (secondary N) is 1. The van der Waals surface area contributed by atoms with Crippen molar-refractivity contribution in [1.82, 2.24) is 14.8 Å². The molecular formula is C39H40ClN3O9S. The van der Waals surface area contributed by atoms with Crippen molar-refractivity contribution in [1.29, 1.82) is 0 Å². The van der Waals surface area contributed by atoms with Crippen LogP contribution in [0.1, 0.15) is 59.6 Å². The summed E-state index contributed by atoms with van der Waals surface area (Å²) in [5.41, 5.74) is -0.702. The Labute approximate surface area is 315 Å². The molecule has 1 aromatic heterocycles. The summed E-state index contributed by atoms with van der Waals surface area (Å²) in [4.78, 5) is 70.6. The topological polar surface area (TPSA) is 153 Å². The second-order valence-electron chi connectivity index (χ2n) is 14.1. The highest BCUT2D eigenvalue weighted by molar-refractivity contribution is 7.98. The van der Waals surface area contributed by atoms with Crippen LogP contribution < -0.4 is 25.1 Å². The van der Waals surface area contributed by atoms with Gasteiger partial charge in [-0.3, -0.25) is 24.0 Å². The lowest BCUT2D eigenvalue weighted by molar-refractivity contribution is -0.135. The van der Waals surface area contributed by atoms with Gasteiger partial charge < -0.3 is 34.1 Å². The molecule has 0 saturated carbocycles. The predicted molar refractivity (Wildman–Crippen MR) is 197 cm³/mol. The normalized spacial score (nSPS) is 23.6. The van der Waals surface area contributed by atoms with Crippen LogP contribution in [0.15, 0.2) is 69.6 Å². The van der Waals surface area contributed by atoms with Crippen molar-refractivity contribution in [2.75, 3.05) is 40.1 Å². The number of rotatable bonds is 9. The van der Waals surface area contributed by atoms with E-state index in [1.165, 1.54) is 32.0 Å². The lowest BCUT2D eigenvalue weighted by atomic mass is 9.69. The van der Waals surface area contributed by atoms with Gasteiger partial charge in [-0.1, -0.05) is 36.7 Å². The van der Waals surface area contributed by atoms with Gasteiger partial charge in [0.25, 0.3) is 5.56 Å². The Morgan fingerprint density at radius 2 is 1.81 bits per heavy atom. The maximum absolute atomic E-state index is 14.4. The first-order valence-electron chi connectivity index (χ1n) is 17.4. The maximum atomic E-state index is 14.4. The van der Waals surface area contributed by atoms with Crippen LogP contribution in [0.25, 0.3) is 0 Å². The number of aromatic nitrogens is 1. The lowest BCUT2D eigenvalue weighted by Gasteiger charge is -2.42. The van der Waals surface area contributed by atoms with E-state index in [0.29, 0.717) is 25.2 Å². The standard InChI is InChI=1S/C39H40ClN3O9S/c1-20-12-27(44)33(37(48)39(20)38(49)34-28(50-2)15-29(51-3)35(40)36(34)52-39)25(22-8-10-24(53-4)11-9-22)14-30(45)41-16-32(47)42-17-21-13-23(19-42)26-6-5-7-31(46)43(26)18-21/h5-11,15,20-21,23,25,48H,12-14,16-19H2,1-4H3,(H,41,45)/t20?,21-,23+,25?,39?/m1/s1. The Kier molecular flexibility index (Phi) is 9.83. The molecule has 14 heteroatoms. The van der Waals surface area contributed by atoms with Gasteiger partial charge in [0.15, 0.2) is 17.3 Å². The second kappa shape index (κ2) is 14.2. The minimum absolute atomic E-state index is 0.00989. The molecule has 4 aliphatic rings. The minimum atomic E-state index is -2.02. The van der Waals surface area contributed by atoms with Crippen molar-refractivity contribution < 1.29 is 38.5 Å². The van der Waals surface area contributed by atoms with Crippen LogP contribution in [0, 0.1) is 11.8 Å². The molecule has 278 valence electrons. The summed E-state index contributed by atoms with van der Waals surface area (Å²) in [6, 6.07) is 13.9. The highest BCUT2D eigenvalue weighted by Crippen LogP contribution is 2.56. The van der Waals surface area contributed by atoms with E-state index >= 15 is 0 Å². The number of thioether (sulfide) groups is 1. The molecule has 2 amide bonds. The predicted octanol–water partition coefficient (Wildman–Crippen LogP) is 4.91. The van der Waals surface area contributed by atoms with Gasteiger partial charge >= 0.3 is 0 Å². The summed E-state index contributed by atoms with van der Waals surface area (Å²) in [5.74, 6) is -3.81. The van der Waals surface area contributed by atoms with Crippen molar-refractivity contribution in [2.45, 2.75) is 55.1 Å². The molecule has 2 bridgehead atoms. The van der Waals surface area contributed by atoms with Gasteiger partial charge in [-0.15, -0.1) is 11.8 Å². The number of aliphatic hydroxyl groups is 1. The summed E-state index contributed by atoms with van der Waals surface area (Å²) in [6.07, 6.45) is 2.34. The first kappa shape index (κ1) is 36.6. The molecule has 1 fully saturated rings. The summed E-state index contributed by atoms with van der Waals surface area (Å²) in [7, 11) is 2.79.